The van der Waals surface area contributed by atoms with E-state index in [0.717, 1.165) is 35.7 Å². The number of rotatable bonds is 6. The van der Waals surface area contributed by atoms with Crippen molar-refractivity contribution in [2.75, 3.05) is 37.7 Å². The Morgan fingerprint density at radius 3 is 2.81 bits per heavy atom. The minimum Gasteiger partial charge on any atom is -0.508 e. The van der Waals surface area contributed by atoms with E-state index in [1.54, 1.807) is 22.9 Å². The molecule has 1 unspecified atom stereocenters. The number of aliphatic hydroxyl groups is 1. The number of β-amino-alcohol motifs (C(OH)–C–C–N with tert-alkyl or cyclic N) is 1. The van der Waals surface area contributed by atoms with Crippen molar-refractivity contribution in [3.63, 3.8) is 0 Å². The molecule has 4 aromatic rings. The summed E-state index contributed by atoms with van der Waals surface area (Å²) in [6.45, 7) is 3.16. The highest BCUT2D eigenvalue weighted by molar-refractivity contribution is 7.98. The number of aliphatic hydroxyl groups excluding tert-OH is 1. The summed E-state index contributed by atoms with van der Waals surface area (Å²) in [6, 6.07) is 8.71. The van der Waals surface area contributed by atoms with Gasteiger partial charge in [-0.2, -0.15) is 9.97 Å². The van der Waals surface area contributed by atoms with Crippen LogP contribution in [0.1, 0.15) is 31.7 Å². The van der Waals surface area contributed by atoms with E-state index < -0.39 is 29.0 Å². The summed E-state index contributed by atoms with van der Waals surface area (Å²) in [5.41, 5.74) is 1.32. The fourth-order valence-corrected chi connectivity index (χ4v) is 8.27. The Hall–Kier alpha value is -3.35. The molecule has 5 heterocycles. The van der Waals surface area contributed by atoms with Crippen LogP contribution in [0.3, 0.4) is 0 Å². The van der Waals surface area contributed by atoms with Crippen LogP contribution in [0, 0.1) is 5.82 Å². The molecular weight excluding hydrogens is 579 g/mol. The van der Waals surface area contributed by atoms with Gasteiger partial charge in [-0.1, -0.05) is 37.1 Å². The standard InChI is InChI=1S/C31H32F3N5O3S/c1-2-17-5-3-6-18-9-20(40)10-21(25(17)18)27-26(34)28-22(12-35-27)29(38-14-23(33)24(41)15-38)37-30(36-28)42-16-31-7-4-8-39(43-31)13-19(32)11-31/h3,5-6,9-10,12,19,23-24,40-41H,2,4,7-8,11,13-16H2,1H3/t19-,23-,24-,31+/m1/s1. The van der Waals surface area contributed by atoms with Gasteiger partial charge < -0.3 is 19.8 Å². The molecule has 2 aromatic carbocycles. The average molecular weight is 612 g/mol. The summed E-state index contributed by atoms with van der Waals surface area (Å²) in [5, 5.41) is 22.4. The number of alkyl halides is 2. The number of aromatic hydroxyl groups is 1. The first-order valence-corrected chi connectivity index (χ1v) is 15.4. The Morgan fingerprint density at radius 1 is 1.16 bits per heavy atom. The maximum Gasteiger partial charge on any atom is 0.319 e. The fourth-order valence-electron chi connectivity index (χ4n) is 6.66. The normalized spacial score (nSPS) is 27.2. The summed E-state index contributed by atoms with van der Waals surface area (Å²) < 4.78 is 53.3. The molecule has 12 heteroatoms. The van der Waals surface area contributed by atoms with Crippen molar-refractivity contribution in [1.82, 2.24) is 19.3 Å². The van der Waals surface area contributed by atoms with Gasteiger partial charge in [0.1, 0.15) is 47.8 Å². The third kappa shape index (κ3) is 5.12. The highest BCUT2D eigenvalue weighted by Gasteiger charge is 2.44. The van der Waals surface area contributed by atoms with Gasteiger partial charge in [0.25, 0.3) is 0 Å². The molecule has 0 aliphatic carbocycles. The molecule has 3 fully saturated rings. The molecule has 8 nitrogen and oxygen atoms in total. The minimum atomic E-state index is -1.50. The van der Waals surface area contributed by atoms with E-state index in [1.807, 2.05) is 29.4 Å². The molecule has 5 atom stereocenters. The van der Waals surface area contributed by atoms with E-state index in [1.165, 1.54) is 12.3 Å². The monoisotopic (exact) mass is 611 g/mol. The zero-order valence-corrected chi connectivity index (χ0v) is 24.5. The summed E-state index contributed by atoms with van der Waals surface area (Å²) in [5.74, 6) is -0.561. The van der Waals surface area contributed by atoms with Gasteiger partial charge in [0.15, 0.2) is 5.82 Å². The Balaban J connectivity index is 1.35. The molecule has 3 saturated heterocycles. The smallest absolute Gasteiger partial charge is 0.319 e. The second-order valence-electron chi connectivity index (χ2n) is 11.7. The number of benzene rings is 2. The third-order valence-electron chi connectivity index (χ3n) is 8.67. The second-order valence-corrected chi connectivity index (χ2v) is 13.3. The zero-order chi connectivity index (χ0) is 29.9. The molecule has 0 amide bonds. The van der Waals surface area contributed by atoms with E-state index in [2.05, 4.69) is 15.0 Å². The number of fused-ring (bicyclic) bond motifs is 4. The first-order chi connectivity index (χ1) is 20.7. The molecule has 43 heavy (non-hydrogen) atoms. The van der Waals surface area contributed by atoms with E-state index in [4.69, 9.17) is 4.74 Å². The van der Waals surface area contributed by atoms with Gasteiger partial charge in [-0.05, 0) is 54.2 Å². The molecule has 7 rings (SSSR count). The average Bonchev–Trinajstić information content (AvgIpc) is 3.32. The third-order valence-corrected chi connectivity index (χ3v) is 10.1. The van der Waals surface area contributed by atoms with E-state index >= 15 is 4.39 Å². The highest BCUT2D eigenvalue weighted by atomic mass is 32.2. The number of nitrogens with zero attached hydrogens (tertiary/aromatic N) is 5. The number of hydrogen-bond donors (Lipinski definition) is 2. The molecule has 2 aromatic heterocycles. The lowest BCUT2D eigenvalue weighted by Gasteiger charge is -2.46. The predicted molar refractivity (Wildman–Crippen MR) is 161 cm³/mol. The largest absolute Gasteiger partial charge is 0.508 e. The Kier molecular flexibility index (Phi) is 7.26. The summed E-state index contributed by atoms with van der Waals surface area (Å²) >= 11 is 1.60. The molecule has 3 aliphatic rings. The Bertz CT molecular complexity index is 1700. The molecular formula is C31H32F3N5O3S. The summed E-state index contributed by atoms with van der Waals surface area (Å²) in [7, 11) is 0. The lowest BCUT2D eigenvalue weighted by Crippen LogP contribution is -2.50. The van der Waals surface area contributed by atoms with Gasteiger partial charge in [-0.3, -0.25) is 4.98 Å². The predicted octanol–water partition coefficient (Wildman–Crippen LogP) is 5.37. The van der Waals surface area contributed by atoms with Crippen molar-refractivity contribution in [1.29, 1.82) is 0 Å². The number of hydrogen-bond acceptors (Lipinski definition) is 9. The summed E-state index contributed by atoms with van der Waals surface area (Å²) in [6.07, 6.45) is 0.465. The highest BCUT2D eigenvalue weighted by Crippen LogP contribution is 2.46. The van der Waals surface area contributed by atoms with Crippen molar-refractivity contribution in [3.8, 4) is 23.0 Å². The van der Waals surface area contributed by atoms with Crippen LogP contribution in [-0.2, 0) is 6.42 Å². The number of pyridine rings is 1. The number of phenolic OH excluding ortho intramolecular Hbond substituents is 1. The quantitative estimate of drug-likeness (QED) is 0.279. The van der Waals surface area contributed by atoms with Crippen LogP contribution in [0.15, 0.2) is 36.5 Å². The number of halogens is 3. The van der Waals surface area contributed by atoms with Gasteiger partial charge in [0.2, 0.25) is 0 Å². The molecule has 0 radical (unpaired) electrons. The fraction of sp³-hybridized carbons (Fsp3) is 0.452. The molecule has 2 N–H and O–H groups in total. The van der Waals surface area contributed by atoms with Crippen molar-refractivity contribution in [3.05, 3.63) is 47.9 Å². The van der Waals surface area contributed by atoms with Gasteiger partial charge in [-0.15, -0.1) is 0 Å². The first-order valence-electron chi connectivity index (χ1n) is 14.6. The van der Waals surface area contributed by atoms with Crippen LogP contribution >= 0.6 is 11.9 Å². The topological polar surface area (TPSA) is 94.8 Å². The number of ether oxygens (including phenoxy) is 1. The van der Waals surface area contributed by atoms with E-state index in [-0.39, 0.29) is 53.9 Å². The Morgan fingerprint density at radius 2 is 2.02 bits per heavy atom. The molecule has 0 spiro atoms. The molecule has 226 valence electrons. The molecule has 2 bridgehead atoms. The van der Waals surface area contributed by atoms with Crippen molar-refractivity contribution in [2.24, 2.45) is 0 Å². The van der Waals surface area contributed by atoms with Gasteiger partial charge >= 0.3 is 6.01 Å². The number of aromatic nitrogens is 3. The number of anilines is 1. The van der Waals surface area contributed by atoms with E-state index in [9.17, 15) is 19.0 Å². The van der Waals surface area contributed by atoms with Crippen LogP contribution in [0.5, 0.6) is 11.8 Å². The maximum atomic E-state index is 16.6. The zero-order valence-electron chi connectivity index (χ0n) is 23.6. The Labute approximate surface area is 251 Å². The van der Waals surface area contributed by atoms with Gasteiger partial charge in [0, 0.05) is 31.4 Å². The lowest BCUT2D eigenvalue weighted by atomic mass is 9.94. The van der Waals surface area contributed by atoms with Crippen LogP contribution in [0.2, 0.25) is 0 Å². The molecule has 0 saturated carbocycles. The maximum absolute atomic E-state index is 16.6. The summed E-state index contributed by atoms with van der Waals surface area (Å²) in [4.78, 5) is 15.0. The van der Waals surface area contributed by atoms with Gasteiger partial charge in [0.05, 0.1) is 16.7 Å². The van der Waals surface area contributed by atoms with Crippen LogP contribution in [-0.4, -0.2) is 85.5 Å². The van der Waals surface area contributed by atoms with Gasteiger partial charge in [-0.25, -0.2) is 17.5 Å². The van der Waals surface area contributed by atoms with Crippen LogP contribution in [0.25, 0.3) is 32.9 Å². The van der Waals surface area contributed by atoms with Crippen molar-refractivity contribution in [2.45, 2.75) is 55.8 Å². The van der Waals surface area contributed by atoms with Crippen molar-refractivity contribution >= 4 is 39.4 Å². The first kappa shape index (κ1) is 28.4. The van der Waals surface area contributed by atoms with E-state index in [0.29, 0.717) is 24.9 Å². The number of aryl methyl sites for hydroxylation is 1. The lowest BCUT2D eigenvalue weighted by molar-refractivity contribution is 0.118. The number of phenols is 1. The minimum absolute atomic E-state index is 0.000604. The van der Waals surface area contributed by atoms with Crippen LogP contribution in [0.4, 0.5) is 19.0 Å². The van der Waals surface area contributed by atoms with Crippen LogP contribution < -0.4 is 9.64 Å². The SMILES string of the molecule is CCc1cccc2cc(O)cc(-c3ncc4c(N5C[C@@H](O)[C@H](F)C5)nc(OC[C@]56CCCN(C[C@H](F)C5)S6)nc4c3F)c12. The van der Waals surface area contributed by atoms with Crippen molar-refractivity contribution < 1.29 is 28.1 Å². The second kappa shape index (κ2) is 11.0. The molecule has 3 aliphatic heterocycles.